The number of halogens is 3. The van der Waals surface area contributed by atoms with Crippen LogP contribution in [0.3, 0.4) is 0 Å². The second-order valence-electron chi connectivity index (χ2n) is 6.61. The lowest BCUT2D eigenvalue weighted by molar-refractivity contribution is -0.137. The molecule has 2 N–H and O–H groups in total. The molecule has 0 aliphatic carbocycles. The van der Waals surface area contributed by atoms with E-state index in [1.54, 1.807) is 19.1 Å². The van der Waals surface area contributed by atoms with E-state index in [4.69, 9.17) is 0 Å². The maximum Gasteiger partial charge on any atom is 0.416 e. The summed E-state index contributed by atoms with van der Waals surface area (Å²) in [6, 6.07) is 8.79. The molecule has 3 rings (SSSR count). The summed E-state index contributed by atoms with van der Waals surface area (Å²) < 4.78 is 63.4. The van der Waals surface area contributed by atoms with Gasteiger partial charge in [0.2, 0.25) is 10.0 Å². The number of carbonyl (C=O) groups is 1. The predicted octanol–water partition coefficient (Wildman–Crippen LogP) is 3.17. The molecule has 6 nitrogen and oxygen atoms in total. The van der Waals surface area contributed by atoms with Crippen LogP contribution in [0.1, 0.15) is 28.4 Å². The van der Waals surface area contributed by atoms with Crippen molar-refractivity contribution in [2.24, 2.45) is 0 Å². The summed E-state index contributed by atoms with van der Waals surface area (Å²) in [5.74, 6) is -0.550. The molecule has 28 heavy (non-hydrogen) atoms. The highest BCUT2D eigenvalue weighted by atomic mass is 32.2. The van der Waals surface area contributed by atoms with E-state index in [1.165, 1.54) is 22.5 Å². The molecule has 0 fully saturated rings. The van der Waals surface area contributed by atoms with Gasteiger partial charge in [0.15, 0.2) is 0 Å². The van der Waals surface area contributed by atoms with Crippen LogP contribution < -0.4 is 15.2 Å². The van der Waals surface area contributed by atoms with E-state index in [-0.39, 0.29) is 17.3 Å². The SMILES string of the molecule is CC1Cc2cc(C(=O)NNc3cccc(C(F)(F)F)c3)ccc2N1S(C)(=O)=O. The zero-order chi connectivity index (χ0) is 20.7. The Bertz CT molecular complexity index is 1020. The van der Waals surface area contributed by atoms with Crippen molar-refractivity contribution >= 4 is 27.3 Å². The van der Waals surface area contributed by atoms with Gasteiger partial charge in [-0.1, -0.05) is 6.07 Å². The molecule has 1 heterocycles. The minimum absolute atomic E-state index is 0.0845. The maximum atomic E-state index is 12.7. The number of rotatable bonds is 4. The quantitative estimate of drug-likeness (QED) is 0.755. The predicted molar refractivity (Wildman–Crippen MR) is 99.5 cm³/mol. The Kier molecular flexibility index (Phi) is 5.00. The van der Waals surface area contributed by atoms with Crippen LogP contribution >= 0.6 is 0 Å². The Labute approximate surface area is 160 Å². The van der Waals surface area contributed by atoms with Crippen LogP contribution in [-0.4, -0.2) is 26.6 Å². The lowest BCUT2D eigenvalue weighted by Gasteiger charge is -2.21. The fraction of sp³-hybridized carbons (Fsp3) is 0.278. The smallest absolute Gasteiger partial charge is 0.298 e. The van der Waals surface area contributed by atoms with E-state index in [2.05, 4.69) is 10.9 Å². The molecule has 1 aliphatic rings. The maximum absolute atomic E-state index is 12.7. The van der Waals surface area contributed by atoms with Crippen molar-refractivity contribution in [3.05, 3.63) is 59.2 Å². The molecule has 1 amide bonds. The summed E-state index contributed by atoms with van der Waals surface area (Å²) in [5, 5.41) is 0. The topological polar surface area (TPSA) is 78.5 Å². The highest BCUT2D eigenvalue weighted by molar-refractivity contribution is 7.92. The number of hydrazine groups is 1. The van der Waals surface area contributed by atoms with Crippen LogP contribution in [0.5, 0.6) is 0 Å². The van der Waals surface area contributed by atoms with Gasteiger partial charge in [-0.05, 0) is 55.3 Å². The van der Waals surface area contributed by atoms with Crippen LogP contribution in [0, 0.1) is 0 Å². The van der Waals surface area contributed by atoms with Gasteiger partial charge < -0.3 is 0 Å². The Balaban J connectivity index is 1.74. The molecule has 0 saturated carbocycles. The molecule has 2 aromatic carbocycles. The van der Waals surface area contributed by atoms with Gasteiger partial charge in [-0.15, -0.1) is 0 Å². The van der Waals surface area contributed by atoms with Gasteiger partial charge >= 0.3 is 6.18 Å². The van der Waals surface area contributed by atoms with E-state index < -0.39 is 27.7 Å². The van der Waals surface area contributed by atoms with Crippen molar-refractivity contribution in [3.63, 3.8) is 0 Å². The fourth-order valence-electron chi connectivity index (χ4n) is 3.22. The minimum atomic E-state index is -4.48. The van der Waals surface area contributed by atoms with Crippen LogP contribution in [0.15, 0.2) is 42.5 Å². The van der Waals surface area contributed by atoms with Gasteiger partial charge in [-0.25, -0.2) is 8.42 Å². The molecule has 0 spiro atoms. The monoisotopic (exact) mass is 413 g/mol. The number of anilines is 2. The zero-order valence-electron chi connectivity index (χ0n) is 15.0. The Morgan fingerprint density at radius 2 is 1.89 bits per heavy atom. The number of nitrogens with zero attached hydrogens (tertiary/aromatic N) is 1. The van der Waals surface area contributed by atoms with E-state index >= 15 is 0 Å². The standard InChI is InChI=1S/C18H18F3N3O3S/c1-11-8-13-9-12(6-7-16(13)24(11)28(2,26)27)17(25)23-22-15-5-3-4-14(10-15)18(19,20)21/h3-7,9-11,22H,8H2,1-2H3,(H,23,25). The molecular weight excluding hydrogens is 395 g/mol. The average molecular weight is 413 g/mol. The summed E-state index contributed by atoms with van der Waals surface area (Å²) in [5.41, 5.74) is 5.56. The molecule has 2 aromatic rings. The Hall–Kier alpha value is -2.75. The van der Waals surface area contributed by atoms with Gasteiger partial charge in [0.25, 0.3) is 5.91 Å². The van der Waals surface area contributed by atoms with Gasteiger partial charge in [-0.2, -0.15) is 13.2 Å². The van der Waals surface area contributed by atoms with Crippen LogP contribution in [0.25, 0.3) is 0 Å². The molecule has 0 bridgehead atoms. The molecule has 0 aromatic heterocycles. The first-order valence-electron chi connectivity index (χ1n) is 8.33. The molecule has 1 atom stereocenters. The minimum Gasteiger partial charge on any atom is -0.298 e. The van der Waals surface area contributed by atoms with E-state index in [9.17, 15) is 26.4 Å². The fourth-order valence-corrected chi connectivity index (χ4v) is 4.49. The lowest BCUT2D eigenvalue weighted by atomic mass is 10.1. The second-order valence-corrected chi connectivity index (χ2v) is 8.47. The third kappa shape index (κ3) is 4.06. The highest BCUT2D eigenvalue weighted by Crippen LogP contribution is 2.34. The first-order chi connectivity index (χ1) is 13.0. The number of carbonyl (C=O) groups excluding carboxylic acids is 1. The second kappa shape index (κ2) is 7.01. The normalized spacial score (nSPS) is 16.6. The van der Waals surface area contributed by atoms with Gasteiger partial charge in [0.05, 0.1) is 23.2 Å². The number of amides is 1. The van der Waals surface area contributed by atoms with E-state index in [1.807, 2.05) is 0 Å². The summed E-state index contributed by atoms with van der Waals surface area (Å²) in [7, 11) is -3.43. The van der Waals surface area contributed by atoms with Crippen molar-refractivity contribution in [1.29, 1.82) is 0 Å². The first-order valence-corrected chi connectivity index (χ1v) is 10.2. The summed E-state index contributed by atoms with van der Waals surface area (Å²) >= 11 is 0. The van der Waals surface area contributed by atoms with Crippen molar-refractivity contribution in [3.8, 4) is 0 Å². The molecule has 1 unspecified atom stereocenters. The van der Waals surface area contributed by atoms with Crippen LogP contribution in [0.2, 0.25) is 0 Å². The molecular formula is C18H18F3N3O3S. The third-order valence-electron chi connectivity index (χ3n) is 4.36. The number of sulfonamides is 1. The van der Waals surface area contributed by atoms with Gasteiger partial charge in [0.1, 0.15) is 0 Å². The van der Waals surface area contributed by atoms with Crippen molar-refractivity contribution < 1.29 is 26.4 Å². The number of hydrogen-bond donors (Lipinski definition) is 2. The summed E-state index contributed by atoms with van der Waals surface area (Å²) in [4.78, 5) is 12.3. The van der Waals surface area contributed by atoms with Crippen LogP contribution in [0.4, 0.5) is 24.5 Å². The Morgan fingerprint density at radius 3 is 2.54 bits per heavy atom. The van der Waals surface area contributed by atoms with Gasteiger partial charge in [-0.3, -0.25) is 20.0 Å². The first kappa shape index (κ1) is 20.0. The molecule has 150 valence electrons. The summed E-state index contributed by atoms with van der Waals surface area (Å²) in [6.45, 7) is 1.77. The van der Waals surface area contributed by atoms with E-state index in [0.29, 0.717) is 17.7 Å². The van der Waals surface area contributed by atoms with Gasteiger partial charge in [0, 0.05) is 11.6 Å². The number of benzene rings is 2. The lowest BCUT2D eigenvalue weighted by Crippen LogP contribution is -2.34. The summed E-state index contributed by atoms with van der Waals surface area (Å²) in [6.07, 6.45) is -2.90. The molecule has 0 radical (unpaired) electrons. The molecule has 0 saturated heterocycles. The largest absolute Gasteiger partial charge is 0.416 e. The number of fused-ring (bicyclic) bond motifs is 1. The molecule has 1 aliphatic heterocycles. The van der Waals surface area contributed by atoms with E-state index in [0.717, 1.165) is 18.4 Å². The zero-order valence-corrected chi connectivity index (χ0v) is 15.9. The van der Waals surface area contributed by atoms with Crippen LogP contribution in [-0.2, 0) is 22.6 Å². The number of nitrogens with one attached hydrogen (secondary N) is 2. The number of hydrogen-bond acceptors (Lipinski definition) is 4. The molecule has 10 heteroatoms. The van der Waals surface area contributed by atoms with Crippen molar-refractivity contribution in [1.82, 2.24) is 5.43 Å². The average Bonchev–Trinajstić information content (AvgIpc) is 2.94. The van der Waals surface area contributed by atoms with Crippen molar-refractivity contribution in [2.75, 3.05) is 16.0 Å². The van der Waals surface area contributed by atoms with Crippen molar-refractivity contribution in [2.45, 2.75) is 25.6 Å². The number of alkyl halides is 3. The highest BCUT2D eigenvalue weighted by Gasteiger charge is 2.33. The Morgan fingerprint density at radius 1 is 1.18 bits per heavy atom. The third-order valence-corrected chi connectivity index (χ3v) is 5.63.